The van der Waals surface area contributed by atoms with Crippen molar-refractivity contribution in [3.8, 4) is 11.5 Å². The van der Waals surface area contributed by atoms with Crippen LogP contribution in [0, 0.1) is 23.7 Å². The third-order valence-electron chi connectivity index (χ3n) is 7.75. The van der Waals surface area contributed by atoms with E-state index in [0.29, 0.717) is 13.2 Å². The van der Waals surface area contributed by atoms with Gasteiger partial charge in [0.2, 0.25) is 0 Å². The first kappa shape index (κ1) is 34.8. The Bertz CT molecular complexity index is 1140. The average molecular weight is 583 g/mol. The van der Waals surface area contributed by atoms with Crippen molar-refractivity contribution in [3.05, 3.63) is 58.7 Å². The summed E-state index contributed by atoms with van der Waals surface area (Å²) in [5.74, 6) is 3.63. The summed E-state index contributed by atoms with van der Waals surface area (Å²) in [6, 6.07) is 12.8. The highest BCUT2D eigenvalue weighted by molar-refractivity contribution is 7.99. The fourth-order valence-electron chi connectivity index (χ4n) is 5.17. The van der Waals surface area contributed by atoms with E-state index in [0.717, 1.165) is 48.7 Å². The van der Waals surface area contributed by atoms with E-state index >= 15 is 0 Å². The molecule has 0 radical (unpaired) electrons. The number of esters is 1. The van der Waals surface area contributed by atoms with E-state index in [1.807, 2.05) is 33.8 Å². The largest absolute Gasteiger partial charge is 0.497 e. The number of aryl methyl sites for hydroxylation is 2. The number of hydrogen-bond acceptors (Lipinski definition) is 5. The molecule has 1 atom stereocenters. The molecule has 0 N–H and O–H groups in total. The van der Waals surface area contributed by atoms with Crippen LogP contribution in [0.15, 0.2) is 36.4 Å². The second-order valence-corrected chi connectivity index (χ2v) is 13.8. The number of methoxy groups -OCH3 is 1. The first-order valence-corrected chi connectivity index (χ1v) is 16.4. The van der Waals surface area contributed by atoms with E-state index < -0.39 is 5.41 Å². The first-order chi connectivity index (χ1) is 19.4. The number of carbonyl (C=O) groups excluding carboxylic acids is 1. The second-order valence-electron chi connectivity index (χ2n) is 12.5. The van der Waals surface area contributed by atoms with Gasteiger partial charge in [-0.05, 0) is 110 Å². The summed E-state index contributed by atoms with van der Waals surface area (Å²) in [7, 11) is 1.71. The van der Waals surface area contributed by atoms with E-state index in [9.17, 15) is 4.79 Å². The van der Waals surface area contributed by atoms with Crippen molar-refractivity contribution in [3.63, 3.8) is 0 Å². The van der Waals surface area contributed by atoms with Gasteiger partial charge in [0.15, 0.2) is 0 Å². The summed E-state index contributed by atoms with van der Waals surface area (Å²) in [5, 5.41) is 0. The number of benzene rings is 2. The maximum absolute atomic E-state index is 12.7. The maximum Gasteiger partial charge on any atom is 0.311 e. The molecule has 4 nitrogen and oxygen atoms in total. The Kier molecular flexibility index (Phi) is 13.8. The summed E-state index contributed by atoms with van der Waals surface area (Å²) in [5.41, 5.74) is 6.27. The molecule has 2 aromatic carbocycles. The average Bonchev–Trinajstić information content (AvgIpc) is 3.14. The molecule has 5 heteroatoms. The summed E-state index contributed by atoms with van der Waals surface area (Å²) in [6.07, 6.45) is 6.56. The number of hydrogen-bond donors (Lipinski definition) is 0. The summed E-state index contributed by atoms with van der Waals surface area (Å²) in [6.45, 7) is 20.0. The zero-order chi connectivity index (χ0) is 30.6. The fraction of sp³-hybridized carbons (Fsp3) is 0.583. The zero-order valence-corrected chi connectivity index (χ0v) is 28.1. The van der Waals surface area contributed by atoms with Crippen molar-refractivity contribution >= 4 is 29.4 Å². The van der Waals surface area contributed by atoms with Crippen LogP contribution in [0.2, 0.25) is 0 Å². The number of allylic oxidation sites excluding steroid dienone is 1. The maximum atomic E-state index is 12.7. The minimum atomic E-state index is -0.476. The van der Waals surface area contributed by atoms with Gasteiger partial charge in [-0.3, -0.25) is 4.79 Å². The Hall–Kier alpha value is -2.40. The molecule has 1 aliphatic carbocycles. The molecule has 228 valence electrons. The van der Waals surface area contributed by atoms with E-state index in [2.05, 4.69) is 71.0 Å². The molecule has 0 saturated carbocycles. The van der Waals surface area contributed by atoms with Crippen molar-refractivity contribution in [2.24, 2.45) is 16.7 Å². The fourth-order valence-corrected chi connectivity index (χ4v) is 5.78. The molecule has 0 heterocycles. The van der Waals surface area contributed by atoms with Gasteiger partial charge in [-0.25, -0.2) is 0 Å². The van der Waals surface area contributed by atoms with Gasteiger partial charge in [-0.15, -0.1) is 0 Å². The molecule has 0 spiro atoms. The van der Waals surface area contributed by atoms with Crippen molar-refractivity contribution in [1.29, 1.82) is 0 Å². The number of ether oxygens (including phenoxy) is 3. The SMILES string of the molecule is CC.COc1ccc(C2=Cc3ccc(OCCSCCOC(=O)C(C)(C)C(C)CC(C)(C)C)cc3CCC2)c(C)c1. The van der Waals surface area contributed by atoms with Gasteiger partial charge in [0.25, 0.3) is 0 Å². The van der Waals surface area contributed by atoms with Gasteiger partial charge in [0.05, 0.1) is 19.1 Å². The van der Waals surface area contributed by atoms with Gasteiger partial charge in [0, 0.05) is 11.5 Å². The number of carbonyl (C=O) groups is 1. The predicted molar refractivity (Wildman–Crippen MR) is 177 cm³/mol. The topological polar surface area (TPSA) is 44.8 Å². The Morgan fingerprint density at radius 2 is 1.63 bits per heavy atom. The van der Waals surface area contributed by atoms with Crippen molar-refractivity contribution < 1.29 is 19.0 Å². The monoisotopic (exact) mass is 582 g/mol. The Labute approximate surface area is 254 Å². The van der Waals surface area contributed by atoms with Crippen LogP contribution in [0.4, 0.5) is 0 Å². The van der Waals surface area contributed by atoms with Crippen LogP contribution >= 0.6 is 11.8 Å². The molecule has 0 saturated heterocycles. The van der Waals surface area contributed by atoms with Crippen LogP contribution in [-0.4, -0.2) is 37.8 Å². The third-order valence-corrected chi connectivity index (χ3v) is 8.66. The molecule has 0 aliphatic heterocycles. The number of thioether (sulfide) groups is 1. The van der Waals surface area contributed by atoms with E-state index in [4.69, 9.17) is 14.2 Å². The van der Waals surface area contributed by atoms with Crippen LogP contribution in [-0.2, 0) is 16.0 Å². The van der Waals surface area contributed by atoms with Gasteiger partial charge >= 0.3 is 5.97 Å². The van der Waals surface area contributed by atoms with Gasteiger partial charge in [-0.2, -0.15) is 11.8 Å². The van der Waals surface area contributed by atoms with Crippen molar-refractivity contribution in [2.75, 3.05) is 31.8 Å². The molecule has 1 aliphatic rings. The molecule has 1 unspecified atom stereocenters. The molecule has 3 rings (SSSR count). The smallest absolute Gasteiger partial charge is 0.311 e. The lowest BCUT2D eigenvalue weighted by molar-refractivity contribution is -0.156. The lowest BCUT2D eigenvalue weighted by Gasteiger charge is -2.33. The molecular weight excluding hydrogens is 528 g/mol. The highest BCUT2D eigenvalue weighted by Gasteiger charge is 2.37. The van der Waals surface area contributed by atoms with Crippen LogP contribution in [0.5, 0.6) is 11.5 Å². The van der Waals surface area contributed by atoms with Crippen LogP contribution < -0.4 is 9.47 Å². The quantitative estimate of drug-likeness (QED) is 0.184. The highest BCUT2D eigenvalue weighted by atomic mass is 32.2. The van der Waals surface area contributed by atoms with Gasteiger partial charge < -0.3 is 14.2 Å². The normalized spacial score (nSPS) is 14.0. The van der Waals surface area contributed by atoms with Crippen molar-refractivity contribution in [1.82, 2.24) is 0 Å². The molecule has 0 amide bonds. The van der Waals surface area contributed by atoms with Gasteiger partial charge in [0.1, 0.15) is 18.1 Å². The number of fused-ring (bicyclic) bond motifs is 1. The van der Waals surface area contributed by atoms with Gasteiger partial charge in [-0.1, -0.05) is 59.8 Å². The first-order valence-electron chi connectivity index (χ1n) is 15.3. The standard InChI is InChI=1S/C34H48O4S.C2H6/c1-24-20-29(36-8)14-15-31(24)28-11-9-10-26-22-30(13-12-27(26)21-28)37-16-18-39-19-17-38-32(35)34(6,7)25(2)23-33(3,4)5;1-2/h12-15,20-22,25H,9-11,16-19,23H2,1-8H3;1-2H3. The zero-order valence-electron chi connectivity index (χ0n) is 27.3. The van der Waals surface area contributed by atoms with Crippen molar-refractivity contribution in [2.45, 2.75) is 88.0 Å². The number of rotatable bonds is 12. The van der Waals surface area contributed by atoms with Crippen LogP contribution in [0.25, 0.3) is 11.6 Å². The highest BCUT2D eigenvalue weighted by Crippen LogP contribution is 2.37. The minimum absolute atomic E-state index is 0.0968. The van der Waals surface area contributed by atoms with Crippen LogP contribution in [0.3, 0.4) is 0 Å². The minimum Gasteiger partial charge on any atom is -0.497 e. The van der Waals surface area contributed by atoms with E-state index in [1.54, 1.807) is 18.9 Å². The Morgan fingerprint density at radius 3 is 2.29 bits per heavy atom. The molecule has 0 fully saturated rings. The summed E-state index contributed by atoms with van der Waals surface area (Å²) >= 11 is 1.76. The molecule has 41 heavy (non-hydrogen) atoms. The lowest BCUT2D eigenvalue weighted by atomic mass is 9.72. The third kappa shape index (κ3) is 10.7. The van der Waals surface area contributed by atoms with Crippen LogP contribution in [0.1, 0.15) is 96.9 Å². The van der Waals surface area contributed by atoms with E-state index in [-0.39, 0.29) is 17.3 Å². The summed E-state index contributed by atoms with van der Waals surface area (Å²) in [4.78, 5) is 12.7. The molecular formula is C36H54O4S. The lowest BCUT2D eigenvalue weighted by Crippen LogP contribution is -2.35. The Balaban J connectivity index is 0.00000287. The second kappa shape index (κ2) is 16.3. The molecule has 0 bridgehead atoms. The molecule has 0 aromatic heterocycles. The Morgan fingerprint density at radius 1 is 0.951 bits per heavy atom. The molecule has 2 aromatic rings. The predicted octanol–water partition coefficient (Wildman–Crippen LogP) is 9.66. The summed E-state index contributed by atoms with van der Waals surface area (Å²) < 4.78 is 17.1. The van der Waals surface area contributed by atoms with E-state index in [1.165, 1.54) is 27.8 Å².